The fourth-order valence-electron chi connectivity index (χ4n) is 0. The van der Waals surface area contributed by atoms with E-state index in [1.165, 1.54) is 6.92 Å². The van der Waals surface area contributed by atoms with E-state index in [2.05, 4.69) is 0 Å². The van der Waals surface area contributed by atoms with Gasteiger partial charge < -0.3 is 10.2 Å². The van der Waals surface area contributed by atoms with Gasteiger partial charge in [0.25, 0.3) is 0 Å². The number of rotatable bonds is 1. The molecule has 0 aromatic heterocycles. The fourth-order valence-corrected chi connectivity index (χ4v) is 0. The molecule has 48 valence electrons. The Hall–Kier alpha value is 0.234. The third kappa shape index (κ3) is 34.2. The third-order valence-corrected chi connectivity index (χ3v) is 0.264. The van der Waals surface area contributed by atoms with Crippen molar-refractivity contribution in [3.8, 4) is 0 Å². The summed E-state index contributed by atoms with van der Waals surface area (Å²) in [4.78, 5) is 0. The molecule has 0 heterocycles. The molecule has 0 amide bonds. The molecule has 0 fully saturated rings. The molecular formula is C3H8O4Ti. The predicted octanol–water partition coefficient (Wildman–Crippen LogP) is -0.881. The Kier molecular flexibility index (Phi) is 14.2. The second-order valence-electron chi connectivity index (χ2n) is 1.11. The van der Waals surface area contributed by atoms with Crippen LogP contribution in [0.3, 0.4) is 0 Å². The summed E-state index contributed by atoms with van der Waals surface area (Å²) in [5.41, 5.74) is 0. The Morgan fingerprint density at radius 2 is 1.75 bits per heavy atom. The third-order valence-electron chi connectivity index (χ3n) is 0.264. The summed E-state index contributed by atoms with van der Waals surface area (Å²) in [5.74, 6) is 0. The summed E-state index contributed by atoms with van der Waals surface area (Å²) < 4.78 is 17.0. The van der Waals surface area contributed by atoms with Gasteiger partial charge in [0.1, 0.15) is 0 Å². The summed E-state index contributed by atoms with van der Waals surface area (Å²) in [7, 11) is 0. The summed E-state index contributed by atoms with van der Waals surface area (Å²) in [5, 5.41) is 16.0. The summed E-state index contributed by atoms with van der Waals surface area (Å²) in [6.07, 6.45) is -0.560. The van der Waals surface area contributed by atoms with Crippen LogP contribution in [-0.2, 0) is 25.7 Å². The first-order chi connectivity index (χ1) is 3.68. The van der Waals surface area contributed by atoms with Crippen molar-refractivity contribution in [1.82, 2.24) is 0 Å². The van der Waals surface area contributed by atoms with E-state index in [0.717, 1.165) is 0 Å². The zero-order valence-corrected chi connectivity index (χ0v) is 6.06. The van der Waals surface area contributed by atoms with Crippen LogP contribution in [0.2, 0.25) is 0 Å². The molecular weight excluding hydrogens is 148 g/mol. The fraction of sp³-hybridized carbons (Fsp3) is 1.00. The van der Waals surface area contributed by atoms with Crippen LogP contribution in [0.4, 0.5) is 0 Å². The minimum atomic E-state index is -2.00. The average molecular weight is 156 g/mol. The van der Waals surface area contributed by atoms with Crippen LogP contribution in [0.15, 0.2) is 0 Å². The molecule has 0 aromatic carbocycles. The van der Waals surface area contributed by atoms with E-state index < -0.39 is 25.2 Å². The van der Waals surface area contributed by atoms with Gasteiger partial charge in [-0.1, -0.05) is 0 Å². The zero-order valence-electron chi connectivity index (χ0n) is 4.50. The van der Waals surface area contributed by atoms with Crippen LogP contribution in [-0.4, -0.2) is 22.9 Å². The molecule has 0 bridgehead atoms. The Bertz CT molecular complexity index is 65.7. The molecule has 0 radical (unpaired) electrons. The van der Waals surface area contributed by atoms with Gasteiger partial charge in [0.05, 0.1) is 12.7 Å². The molecule has 0 aliphatic carbocycles. The van der Waals surface area contributed by atoms with Crippen molar-refractivity contribution in [2.75, 3.05) is 6.61 Å². The van der Waals surface area contributed by atoms with Gasteiger partial charge >= 0.3 is 25.7 Å². The maximum absolute atomic E-state index is 8.50. The van der Waals surface area contributed by atoms with Gasteiger partial charge in [0, 0.05) is 0 Å². The first kappa shape index (κ1) is 11.1. The standard InChI is InChI=1S/C3H8O2.2O.Ti/c1-3(5)2-4;;;/h3-5H,2H2,1H3;;;. The summed E-state index contributed by atoms with van der Waals surface area (Å²) >= 11 is -2.00. The van der Waals surface area contributed by atoms with Crippen molar-refractivity contribution in [2.45, 2.75) is 13.0 Å². The van der Waals surface area contributed by atoms with Gasteiger partial charge in [0.15, 0.2) is 0 Å². The molecule has 5 heteroatoms. The van der Waals surface area contributed by atoms with E-state index in [1.54, 1.807) is 0 Å². The molecule has 0 spiro atoms. The van der Waals surface area contributed by atoms with E-state index in [4.69, 9.17) is 16.9 Å². The van der Waals surface area contributed by atoms with Gasteiger partial charge in [0.2, 0.25) is 0 Å². The molecule has 0 rings (SSSR count). The molecule has 0 aliphatic rings. The van der Waals surface area contributed by atoms with Gasteiger partial charge in [-0.05, 0) is 6.92 Å². The van der Waals surface area contributed by atoms with Crippen LogP contribution in [0.25, 0.3) is 0 Å². The minimum absolute atomic E-state index is 0.139. The number of aliphatic hydroxyl groups is 2. The van der Waals surface area contributed by atoms with Crippen LogP contribution in [0.1, 0.15) is 6.92 Å². The van der Waals surface area contributed by atoms with E-state index in [9.17, 15) is 0 Å². The molecule has 0 aromatic rings. The van der Waals surface area contributed by atoms with E-state index in [-0.39, 0.29) is 6.61 Å². The topological polar surface area (TPSA) is 74.6 Å². The molecule has 0 aliphatic heterocycles. The van der Waals surface area contributed by atoms with Crippen LogP contribution >= 0.6 is 0 Å². The van der Waals surface area contributed by atoms with E-state index in [1.807, 2.05) is 0 Å². The average Bonchev–Trinajstić information content (AvgIpc) is 1.69. The normalized spacial score (nSPS) is 10.4. The van der Waals surface area contributed by atoms with E-state index >= 15 is 0 Å². The molecule has 1 unspecified atom stereocenters. The van der Waals surface area contributed by atoms with Gasteiger partial charge in [-0.3, -0.25) is 0 Å². The predicted molar refractivity (Wildman–Crippen MR) is 20.1 cm³/mol. The molecule has 1 atom stereocenters. The monoisotopic (exact) mass is 156 g/mol. The first-order valence-corrected chi connectivity index (χ1v) is 3.24. The molecule has 2 N–H and O–H groups in total. The van der Waals surface area contributed by atoms with Crippen molar-refractivity contribution in [2.24, 2.45) is 0 Å². The second kappa shape index (κ2) is 10.3. The molecule has 8 heavy (non-hydrogen) atoms. The van der Waals surface area contributed by atoms with Crippen molar-refractivity contribution >= 4 is 0 Å². The zero-order chi connectivity index (χ0) is 6.99. The Morgan fingerprint density at radius 3 is 1.75 bits per heavy atom. The maximum atomic E-state index is 8.50. The summed E-state index contributed by atoms with van der Waals surface area (Å²) in [6.45, 7) is 1.39. The van der Waals surface area contributed by atoms with Crippen LogP contribution in [0, 0.1) is 0 Å². The van der Waals surface area contributed by atoms with Crippen molar-refractivity contribution in [1.29, 1.82) is 0 Å². The quantitative estimate of drug-likeness (QED) is 0.483. The van der Waals surface area contributed by atoms with Crippen LogP contribution < -0.4 is 0 Å². The molecule has 0 saturated carbocycles. The number of aliphatic hydroxyl groups excluding tert-OH is 2. The number of hydrogen-bond acceptors (Lipinski definition) is 4. The molecule has 4 nitrogen and oxygen atoms in total. The van der Waals surface area contributed by atoms with Gasteiger partial charge in [-0.15, -0.1) is 0 Å². The first-order valence-electron chi connectivity index (χ1n) is 1.97. The van der Waals surface area contributed by atoms with Crippen molar-refractivity contribution in [3.05, 3.63) is 0 Å². The van der Waals surface area contributed by atoms with Gasteiger partial charge in [-0.2, -0.15) is 0 Å². The van der Waals surface area contributed by atoms with E-state index in [0.29, 0.717) is 0 Å². The Balaban J connectivity index is 0. The van der Waals surface area contributed by atoms with Crippen LogP contribution in [0.5, 0.6) is 0 Å². The van der Waals surface area contributed by atoms with Crippen molar-refractivity contribution < 1.29 is 36.0 Å². The summed E-state index contributed by atoms with van der Waals surface area (Å²) in [6, 6.07) is 0. The van der Waals surface area contributed by atoms with Crippen molar-refractivity contribution in [3.63, 3.8) is 0 Å². The Morgan fingerprint density at radius 1 is 1.62 bits per heavy atom. The Labute approximate surface area is 56.1 Å². The number of hydrogen-bond donors (Lipinski definition) is 2. The second-order valence-corrected chi connectivity index (χ2v) is 1.38. The molecule has 0 saturated heterocycles. The SMILES string of the molecule is CC(O)CO.[O]=[Ti]=[O]. The van der Waals surface area contributed by atoms with Gasteiger partial charge in [-0.25, -0.2) is 0 Å².